The number of allylic oxidation sites excluding steroid dienone is 1. The highest BCUT2D eigenvalue weighted by atomic mass is 16.5. The van der Waals surface area contributed by atoms with Crippen molar-refractivity contribution in [3.05, 3.63) is 53.9 Å². The Morgan fingerprint density at radius 3 is 3.00 bits per heavy atom. The number of aromatic amines is 1. The molecule has 21 heavy (non-hydrogen) atoms. The Morgan fingerprint density at radius 1 is 1.29 bits per heavy atom. The number of hydrogen-bond acceptors (Lipinski definition) is 3. The van der Waals surface area contributed by atoms with Crippen LogP contribution < -0.4 is 4.74 Å². The van der Waals surface area contributed by atoms with E-state index in [1.165, 1.54) is 5.57 Å². The summed E-state index contributed by atoms with van der Waals surface area (Å²) >= 11 is 0. The molecule has 0 radical (unpaired) electrons. The Bertz CT molecular complexity index is 789. The number of benzene rings is 1. The predicted molar refractivity (Wildman–Crippen MR) is 85.0 cm³/mol. The van der Waals surface area contributed by atoms with Crippen molar-refractivity contribution in [1.29, 1.82) is 0 Å². The van der Waals surface area contributed by atoms with Crippen LogP contribution in [-0.2, 0) is 0 Å². The number of nitrogens with one attached hydrogen (secondary N) is 1. The van der Waals surface area contributed by atoms with Gasteiger partial charge in [-0.05, 0) is 41.3 Å². The zero-order chi connectivity index (χ0) is 14.7. The van der Waals surface area contributed by atoms with Crippen molar-refractivity contribution >= 4 is 22.6 Å². The molecule has 0 aliphatic carbocycles. The van der Waals surface area contributed by atoms with Crippen LogP contribution in [0.15, 0.2) is 42.7 Å². The van der Waals surface area contributed by atoms with Gasteiger partial charge in [0.05, 0.1) is 18.8 Å². The summed E-state index contributed by atoms with van der Waals surface area (Å²) in [4.78, 5) is 4.15. The van der Waals surface area contributed by atoms with E-state index >= 15 is 0 Å². The summed E-state index contributed by atoms with van der Waals surface area (Å²) in [5.74, 6) is 0.636. The molecular formula is C17H17N3O. The van der Waals surface area contributed by atoms with Crippen molar-refractivity contribution in [2.45, 2.75) is 13.3 Å². The van der Waals surface area contributed by atoms with Gasteiger partial charge in [0.2, 0.25) is 5.88 Å². The summed E-state index contributed by atoms with van der Waals surface area (Å²) in [6.07, 6.45) is 6.75. The summed E-state index contributed by atoms with van der Waals surface area (Å²) < 4.78 is 5.20. The second-order valence-corrected chi connectivity index (χ2v) is 4.83. The highest BCUT2D eigenvalue weighted by Gasteiger charge is 2.03. The summed E-state index contributed by atoms with van der Waals surface area (Å²) in [5.41, 5.74) is 4.60. The molecule has 3 rings (SSSR count). The van der Waals surface area contributed by atoms with Crippen LogP contribution in [0.5, 0.6) is 5.88 Å². The minimum atomic E-state index is 0.636. The summed E-state index contributed by atoms with van der Waals surface area (Å²) in [6.45, 7) is 2.15. The van der Waals surface area contributed by atoms with Crippen LogP contribution in [-0.4, -0.2) is 22.3 Å². The predicted octanol–water partition coefficient (Wildman–Crippen LogP) is 3.92. The maximum atomic E-state index is 5.20. The molecule has 0 saturated heterocycles. The lowest BCUT2D eigenvalue weighted by Crippen LogP contribution is -1.90. The van der Waals surface area contributed by atoms with Gasteiger partial charge in [-0.1, -0.05) is 19.1 Å². The molecule has 1 N–H and O–H groups in total. The monoisotopic (exact) mass is 279 g/mol. The van der Waals surface area contributed by atoms with Gasteiger partial charge < -0.3 is 4.74 Å². The van der Waals surface area contributed by atoms with Gasteiger partial charge in [-0.15, -0.1) is 0 Å². The Hall–Kier alpha value is -2.62. The first kappa shape index (κ1) is 13.4. The summed E-state index contributed by atoms with van der Waals surface area (Å²) in [7, 11) is 1.63. The number of H-pyrrole nitrogens is 1. The third kappa shape index (κ3) is 2.79. The lowest BCUT2D eigenvalue weighted by Gasteiger charge is -2.07. The zero-order valence-corrected chi connectivity index (χ0v) is 12.1. The maximum Gasteiger partial charge on any atom is 0.213 e. The average molecular weight is 279 g/mol. The second kappa shape index (κ2) is 5.79. The van der Waals surface area contributed by atoms with Gasteiger partial charge in [0.25, 0.3) is 0 Å². The maximum absolute atomic E-state index is 5.20. The van der Waals surface area contributed by atoms with E-state index in [9.17, 15) is 0 Å². The van der Waals surface area contributed by atoms with Crippen LogP contribution in [0.25, 0.3) is 22.6 Å². The van der Waals surface area contributed by atoms with Gasteiger partial charge in [-0.2, -0.15) is 5.10 Å². The number of methoxy groups -OCH3 is 1. The highest BCUT2D eigenvalue weighted by Crippen LogP contribution is 2.24. The van der Waals surface area contributed by atoms with Crippen LogP contribution in [0.3, 0.4) is 0 Å². The summed E-state index contributed by atoms with van der Waals surface area (Å²) in [5, 5.41) is 8.13. The van der Waals surface area contributed by atoms with E-state index in [4.69, 9.17) is 4.74 Å². The highest BCUT2D eigenvalue weighted by molar-refractivity contribution is 5.86. The standard InChI is InChI=1S/C17H17N3O/c1-3-13(14-6-7-18-17(10-14)21-2)8-12-4-5-16-15(9-12)11-19-20-16/h4-11H,3H2,1-2H3,(H,19,20)/b13-8+. The van der Waals surface area contributed by atoms with Crippen LogP contribution >= 0.6 is 0 Å². The summed E-state index contributed by atoms with van der Waals surface area (Å²) in [6, 6.07) is 10.2. The minimum Gasteiger partial charge on any atom is -0.481 e. The molecule has 4 nitrogen and oxygen atoms in total. The number of hydrogen-bond donors (Lipinski definition) is 1. The van der Waals surface area contributed by atoms with E-state index in [1.807, 2.05) is 18.3 Å². The van der Waals surface area contributed by atoms with E-state index in [0.717, 1.165) is 28.5 Å². The zero-order valence-electron chi connectivity index (χ0n) is 12.1. The molecule has 0 aliphatic heterocycles. The third-order valence-electron chi connectivity index (χ3n) is 3.50. The molecular weight excluding hydrogens is 262 g/mol. The smallest absolute Gasteiger partial charge is 0.213 e. The van der Waals surface area contributed by atoms with Gasteiger partial charge in [-0.3, -0.25) is 5.10 Å². The molecule has 0 amide bonds. The van der Waals surface area contributed by atoms with Crippen LogP contribution in [0.2, 0.25) is 0 Å². The van der Waals surface area contributed by atoms with Crippen molar-refractivity contribution in [2.75, 3.05) is 7.11 Å². The fraction of sp³-hybridized carbons (Fsp3) is 0.176. The molecule has 2 heterocycles. The fourth-order valence-electron chi connectivity index (χ4n) is 2.36. The van der Waals surface area contributed by atoms with Gasteiger partial charge in [-0.25, -0.2) is 4.98 Å². The first-order chi connectivity index (χ1) is 10.3. The molecule has 1 aromatic carbocycles. The fourth-order valence-corrected chi connectivity index (χ4v) is 2.36. The second-order valence-electron chi connectivity index (χ2n) is 4.83. The average Bonchev–Trinajstić information content (AvgIpc) is 3.00. The molecule has 3 aromatic rings. The van der Waals surface area contributed by atoms with E-state index < -0.39 is 0 Å². The number of ether oxygens (including phenoxy) is 1. The van der Waals surface area contributed by atoms with Crippen molar-refractivity contribution < 1.29 is 4.74 Å². The number of fused-ring (bicyclic) bond motifs is 1. The van der Waals surface area contributed by atoms with E-state index in [2.05, 4.69) is 46.4 Å². The molecule has 0 fully saturated rings. The first-order valence-electron chi connectivity index (χ1n) is 6.94. The van der Waals surface area contributed by atoms with E-state index in [1.54, 1.807) is 13.3 Å². The normalized spacial score (nSPS) is 11.8. The van der Waals surface area contributed by atoms with Crippen molar-refractivity contribution in [2.24, 2.45) is 0 Å². The molecule has 2 aromatic heterocycles. The number of pyridine rings is 1. The SMILES string of the molecule is CC/C(=C\c1ccc2[nH]ncc2c1)c1ccnc(OC)c1. The number of aromatic nitrogens is 3. The molecule has 106 valence electrons. The van der Waals surface area contributed by atoms with Gasteiger partial charge >= 0.3 is 0 Å². The van der Waals surface area contributed by atoms with Crippen molar-refractivity contribution in [3.63, 3.8) is 0 Å². The van der Waals surface area contributed by atoms with Crippen molar-refractivity contribution in [1.82, 2.24) is 15.2 Å². The Morgan fingerprint density at radius 2 is 2.19 bits per heavy atom. The quantitative estimate of drug-likeness (QED) is 0.787. The van der Waals surface area contributed by atoms with Gasteiger partial charge in [0, 0.05) is 17.6 Å². The van der Waals surface area contributed by atoms with Crippen molar-refractivity contribution in [3.8, 4) is 5.88 Å². The van der Waals surface area contributed by atoms with Crippen LogP contribution in [0, 0.1) is 0 Å². The molecule has 0 spiro atoms. The van der Waals surface area contributed by atoms with Crippen LogP contribution in [0.4, 0.5) is 0 Å². The molecule has 0 bridgehead atoms. The molecule has 0 saturated carbocycles. The number of rotatable bonds is 4. The number of nitrogens with zero attached hydrogens (tertiary/aromatic N) is 2. The first-order valence-corrected chi connectivity index (χ1v) is 6.94. The van der Waals surface area contributed by atoms with Gasteiger partial charge in [0.15, 0.2) is 0 Å². The van der Waals surface area contributed by atoms with E-state index in [-0.39, 0.29) is 0 Å². The molecule has 0 atom stereocenters. The lowest BCUT2D eigenvalue weighted by atomic mass is 10.0. The largest absolute Gasteiger partial charge is 0.481 e. The Labute approximate surface area is 123 Å². The Balaban J connectivity index is 2.00. The molecule has 0 unspecified atom stereocenters. The van der Waals surface area contributed by atoms with E-state index in [0.29, 0.717) is 5.88 Å². The van der Waals surface area contributed by atoms with Gasteiger partial charge in [0.1, 0.15) is 0 Å². The minimum absolute atomic E-state index is 0.636. The van der Waals surface area contributed by atoms with Crippen LogP contribution in [0.1, 0.15) is 24.5 Å². The lowest BCUT2D eigenvalue weighted by molar-refractivity contribution is 0.397. The molecule has 0 aliphatic rings. The third-order valence-corrected chi connectivity index (χ3v) is 3.50. The molecule has 4 heteroatoms. The topological polar surface area (TPSA) is 50.8 Å². The Kier molecular flexibility index (Phi) is 3.69.